The van der Waals surface area contributed by atoms with Gasteiger partial charge in [-0.2, -0.15) is 0 Å². The molecule has 2 aliphatic heterocycles. The van der Waals surface area contributed by atoms with E-state index in [1.165, 1.54) is 0 Å². The van der Waals surface area contributed by atoms with E-state index in [0.717, 1.165) is 0 Å². The minimum Gasteiger partial charge on any atom is -0.479 e. The number of ether oxygens (including phenoxy) is 3. The maximum atomic E-state index is 10.6. The molecule has 5 atom stereocenters. The lowest BCUT2D eigenvalue weighted by atomic mass is 10.1. The van der Waals surface area contributed by atoms with E-state index in [9.17, 15) is 15.0 Å². The zero-order chi connectivity index (χ0) is 12.1. The molecule has 0 radical (unpaired) electrons. The van der Waals surface area contributed by atoms with E-state index in [-0.39, 0.29) is 0 Å². The first-order valence-corrected chi connectivity index (χ1v) is 4.92. The summed E-state index contributed by atoms with van der Waals surface area (Å²) in [6, 6.07) is 0. The molecule has 0 unspecified atom stereocenters. The second-order valence-corrected chi connectivity index (χ2v) is 4.34. The summed E-state index contributed by atoms with van der Waals surface area (Å²) in [4.78, 5) is 10.6. The molecule has 0 aliphatic carbocycles. The molecule has 0 bridgehead atoms. The summed E-state index contributed by atoms with van der Waals surface area (Å²) in [5.41, 5.74) is 0. The zero-order valence-electron chi connectivity index (χ0n) is 8.86. The fourth-order valence-electron chi connectivity index (χ4n) is 1.92. The highest BCUT2D eigenvalue weighted by Crippen LogP contribution is 2.38. The molecule has 2 aliphatic rings. The molecule has 0 amide bonds. The van der Waals surface area contributed by atoms with Crippen LogP contribution >= 0.6 is 0 Å². The number of carboxylic acids is 1. The van der Waals surface area contributed by atoms with Gasteiger partial charge in [0, 0.05) is 0 Å². The second kappa shape index (κ2) is 3.64. The van der Waals surface area contributed by atoms with Crippen molar-refractivity contribution in [2.75, 3.05) is 0 Å². The van der Waals surface area contributed by atoms with Gasteiger partial charge in [-0.25, -0.2) is 4.79 Å². The fourth-order valence-corrected chi connectivity index (χ4v) is 1.92. The molecule has 7 heteroatoms. The molecule has 0 aromatic heterocycles. The molecule has 7 nitrogen and oxygen atoms in total. The van der Waals surface area contributed by atoms with Crippen LogP contribution in [0, 0.1) is 0 Å². The summed E-state index contributed by atoms with van der Waals surface area (Å²) in [5.74, 6) is -2.33. The van der Waals surface area contributed by atoms with Crippen LogP contribution in [-0.2, 0) is 19.0 Å². The molecular formula is C9H14O7. The first-order chi connectivity index (χ1) is 7.32. The Morgan fingerprint density at radius 2 is 2.00 bits per heavy atom. The molecule has 92 valence electrons. The molecule has 2 rings (SSSR count). The van der Waals surface area contributed by atoms with E-state index in [1.54, 1.807) is 13.8 Å². The van der Waals surface area contributed by atoms with Gasteiger partial charge in [0.1, 0.15) is 18.3 Å². The Kier molecular flexibility index (Phi) is 2.67. The van der Waals surface area contributed by atoms with Gasteiger partial charge in [0.15, 0.2) is 18.2 Å². The number of hydrogen-bond donors (Lipinski definition) is 3. The number of aliphatic hydroxyl groups excluding tert-OH is 2. The summed E-state index contributed by atoms with van der Waals surface area (Å²) in [7, 11) is 0. The number of carbonyl (C=O) groups is 1. The summed E-state index contributed by atoms with van der Waals surface area (Å²) < 4.78 is 15.8. The molecule has 0 spiro atoms. The first-order valence-electron chi connectivity index (χ1n) is 4.92. The molecule has 0 aromatic rings. The standard InChI is InChI=1S/C9H14O7/c1-9(2)15-6-3(10)5(4(11)7(12)13)14-8(6)16-9/h3-6,8,10-11H,1-2H3,(H,12,13)/t3-,4-,5-,6-,8+/m0/s1. The third-order valence-electron chi connectivity index (χ3n) is 2.62. The molecule has 3 N–H and O–H groups in total. The van der Waals surface area contributed by atoms with E-state index in [4.69, 9.17) is 19.3 Å². The van der Waals surface area contributed by atoms with Crippen LogP contribution in [0.25, 0.3) is 0 Å². The summed E-state index contributed by atoms with van der Waals surface area (Å²) in [6.07, 6.45) is -5.87. The molecule has 2 saturated heterocycles. The van der Waals surface area contributed by atoms with Crippen molar-refractivity contribution >= 4 is 5.97 Å². The maximum Gasteiger partial charge on any atom is 0.335 e. The van der Waals surface area contributed by atoms with E-state index in [1.807, 2.05) is 0 Å². The number of fused-ring (bicyclic) bond motifs is 1. The average Bonchev–Trinajstić information content (AvgIpc) is 2.60. The van der Waals surface area contributed by atoms with Crippen LogP contribution in [0.15, 0.2) is 0 Å². The van der Waals surface area contributed by atoms with Gasteiger partial charge in [-0.3, -0.25) is 0 Å². The summed E-state index contributed by atoms with van der Waals surface area (Å²) in [6.45, 7) is 3.31. The van der Waals surface area contributed by atoms with E-state index in [0.29, 0.717) is 0 Å². The highest BCUT2D eigenvalue weighted by atomic mass is 16.8. The SMILES string of the molecule is CC1(C)O[C@H]2O[C@H]([C@H](O)C(=O)O)[C@H](O)[C@@H]2O1. The fraction of sp³-hybridized carbons (Fsp3) is 0.889. The van der Waals surface area contributed by atoms with Crippen molar-refractivity contribution in [2.45, 2.75) is 50.3 Å². The third kappa shape index (κ3) is 1.80. The molecule has 16 heavy (non-hydrogen) atoms. The van der Waals surface area contributed by atoms with Crippen molar-refractivity contribution in [3.63, 3.8) is 0 Å². The zero-order valence-corrected chi connectivity index (χ0v) is 8.86. The summed E-state index contributed by atoms with van der Waals surface area (Å²) in [5, 5.41) is 27.6. The Labute approximate surface area is 91.5 Å². The van der Waals surface area contributed by atoms with Crippen LogP contribution in [0.5, 0.6) is 0 Å². The van der Waals surface area contributed by atoms with Gasteiger partial charge in [-0.05, 0) is 13.8 Å². The van der Waals surface area contributed by atoms with Crippen molar-refractivity contribution in [3.8, 4) is 0 Å². The normalized spacial score (nSPS) is 43.0. The Balaban J connectivity index is 2.08. The Bertz CT molecular complexity index is 302. The number of rotatable bonds is 2. The lowest BCUT2D eigenvalue weighted by molar-refractivity contribution is -0.226. The highest BCUT2D eigenvalue weighted by Gasteiger charge is 2.56. The van der Waals surface area contributed by atoms with Gasteiger partial charge in [0.05, 0.1) is 0 Å². The van der Waals surface area contributed by atoms with E-state index >= 15 is 0 Å². The second-order valence-electron chi connectivity index (χ2n) is 4.34. The largest absolute Gasteiger partial charge is 0.479 e. The van der Waals surface area contributed by atoms with Crippen molar-refractivity contribution in [3.05, 3.63) is 0 Å². The molecular weight excluding hydrogens is 220 g/mol. The topological polar surface area (TPSA) is 105 Å². The third-order valence-corrected chi connectivity index (χ3v) is 2.62. The van der Waals surface area contributed by atoms with Gasteiger partial charge in [-0.15, -0.1) is 0 Å². The number of hydrogen-bond acceptors (Lipinski definition) is 6. The van der Waals surface area contributed by atoms with E-state index in [2.05, 4.69) is 0 Å². The highest BCUT2D eigenvalue weighted by molar-refractivity contribution is 5.73. The quantitative estimate of drug-likeness (QED) is 0.543. The van der Waals surface area contributed by atoms with Crippen molar-refractivity contribution < 1.29 is 34.3 Å². The van der Waals surface area contributed by atoms with Crippen molar-refractivity contribution in [2.24, 2.45) is 0 Å². The lowest BCUT2D eigenvalue weighted by Gasteiger charge is -2.24. The lowest BCUT2D eigenvalue weighted by Crippen LogP contribution is -2.44. The number of carboxylic acid groups (broad SMARTS) is 1. The average molecular weight is 234 g/mol. The van der Waals surface area contributed by atoms with Gasteiger partial charge in [0.2, 0.25) is 0 Å². The predicted molar refractivity (Wildman–Crippen MR) is 48.3 cm³/mol. The van der Waals surface area contributed by atoms with Gasteiger partial charge < -0.3 is 29.5 Å². The van der Waals surface area contributed by atoms with Gasteiger partial charge in [-0.1, -0.05) is 0 Å². The Morgan fingerprint density at radius 1 is 1.38 bits per heavy atom. The molecule has 2 fully saturated rings. The van der Waals surface area contributed by atoms with Gasteiger partial charge in [0.25, 0.3) is 0 Å². The monoisotopic (exact) mass is 234 g/mol. The summed E-state index contributed by atoms with van der Waals surface area (Å²) >= 11 is 0. The smallest absolute Gasteiger partial charge is 0.335 e. The maximum absolute atomic E-state index is 10.6. The van der Waals surface area contributed by atoms with Crippen LogP contribution in [0.1, 0.15) is 13.8 Å². The Morgan fingerprint density at radius 3 is 2.50 bits per heavy atom. The Hall–Kier alpha value is -0.730. The molecule has 2 heterocycles. The van der Waals surface area contributed by atoms with Gasteiger partial charge >= 0.3 is 5.97 Å². The number of aliphatic carboxylic acids is 1. The molecule has 0 aromatic carbocycles. The van der Waals surface area contributed by atoms with Crippen LogP contribution < -0.4 is 0 Å². The van der Waals surface area contributed by atoms with E-state index < -0.39 is 42.5 Å². The van der Waals surface area contributed by atoms with Crippen LogP contribution in [-0.4, -0.2) is 57.8 Å². The van der Waals surface area contributed by atoms with Crippen LogP contribution in [0.4, 0.5) is 0 Å². The minimum absolute atomic E-state index is 0.769. The van der Waals surface area contributed by atoms with Crippen LogP contribution in [0.3, 0.4) is 0 Å². The first kappa shape index (κ1) is 11.7. The molecule has 0 saturated carbocycles. The van der Waals surface area contributed by atoms with Crippen molar-refractivity contribution in [1.82, 2.24) is 0 Å². The predicted octanol–water partition coefficient (Wildman–Crippen LogP) is -1.33. The minimum atomic E-state index is -1.80. The number of aliphatic hydroxyl groups is 2. The van der Waals surface area contributed by atoms with Crippen molar-refractivity contribution in [1.29, 1.82) is 0 Å². The van der Waals surface area contributed by atoms with Crippen LogP contribution in [0.2, 0.25) is 0 Å².